The van der Waals surface area contributed by atoms with Crippen LogP contribution in [0.15, 0.2) is 64.5 Å². The monoisotopic (exact) mass is 752 g/mol. The van der Waals surface area contributed by atoms with Crippen molar-refractivity contribution in [3.8, 4) is 11.4 Å². The second kappa shape index (κ2) is 17.5. The number of ether oxygens (including phenoxy) is 1. The molecule has 2 heterocycles. The number of nitrogens with two attached hydrogens (primary N) is 3. The molecule has 0 aliphatic rings. The molecule has 1 unspecified atom stereocenters. The maximum Gasteiger partial charge on any atom is 0.573 e. The average molecular weight is 753 g/mol. The maximum atomic E-state index is 13.3. The number of aromatic nitrogens is 3. The molecule has 10 nitrogen and oxygen atoms in total. The summed E-state index contributed by atoms with van der Waals surface area (Å²) in [6.07, 6.45) is -5.26. The van der Waals surface area contributed by atoms with Crippen molar-refractivity contribution in [1.29, 1.82) is 0 Å². The molecule has 292 valence electrons. The Bertz CT molecular complexity index is 1860. The van der Waals surface area contributed by atoms with Crippen LogP contribution in [0.5, 0.6) is 5.75 Å². The van der Waals surface area contributed by atoms with Gasteiger partial charge in [0.15, 0.2) is 5.96 Å². The first-order valence-electron chi connectivity index (χ1n) is 17.1. The highest BCUT2D eigenvalue weighted by Gasteiger charge is 2.38. The lowest BCUT2D eigenvalue weighted by atomic mass is 9.85. The molecule has 0 bridgehead atoms. The fourth-order valence-electron chi connectivity index (χ4n) is 5.21. The van der Waals surface area contributed by atoms with Gasteiger partial charge in [-0.05, 0) is 84.7 Å². The van der Waals surface area contributed by atoms with Crippen molar-refractivity contribution in [1.82, 2.24) is 19.9 Å². The minimum Gasteiger partial charge on any atom is -0.406 e. The summed E-state index contributed by atoms with van der Waals surface area (Å²) in [6.45, 7) is 12.5. The lowest BCUT2D eigenvalue weighted by Crippen LogP contribution is -2.42. The number of halogens is 6. The molecule has 0 saturated carbocycles. The van der Waals surface area contributed by atoms with Gasteiger partial charge in [0.25, 0.3) is 0 Å². The van der Waals surface area contributed by atoms with Gasteiger partial charge in [-0.3, -0.25) is 9.56 Å². The molecular formula is C37H50F6N8O2. The van der Waals surface area contributed by atoms with Gasteiger partial charge >= 0.3 is 18.2 Å². The molecular weight excluding hydrogens is 702 g/mol. The van der Waals surface area contributed by atoms with Crippen molar-refractivity contribution in [2.45, 2.75) is 103 Å². The van der Waals surface area contributed by atoms with E-state index in [0.29, 0.717) is 29.9 Å². The second-order valence-electron chi connectivity index (χ2n) is 14.8. The Kier molecular flexibility index (Phi) is 14.1. The van der Waals surface area contributed by atoms with Crippen LogP contribution < -0.4 is 32.9 Å². The zero-order chi connectivity index (χ0) is 39.8. The van der Waals surface area contributed by atoms with E-state index in [-0.39, 0.29) is 42.0 Å². The number of nitrogens with one attached hydrogen (secondary N) is 2. The summed E-state index contributed by atoms with van der Waals surface area (Å²) in [6, 6.07) is 11.7. The summed E-state index contributed by atoms with van der Waals surface area (Å²) in [7, 11) is 0. The number of rotatable bonds is 12. The van der Waals surface area contributed by atoms with E-state index in [1.807, 2.05) is 32.9 Å². The molecule has 2 aromatic carbocycles. The lowest BCUT2D eigenvalue weighted by molar-refractivity contribution is -0.274. The van der Waals surface area contributed by atoms with Gasteiger partial charge in [0.05, 0.1) is 5.69 Å². The number of aryl methyl sites for hydroxylation is 1. The number of aliphatic imine (C=N–C) groups is 1. The molecule has 0 saturated heterocycles. The summed E-state index contributed by atoms with van der Waals surface area (Å²) >= 11 is 0. The highest BCUT2D eigenvalue weighted by Crippen LogP contribution is 2.31. The number of hydrogen-bond acceptors (Lipinski definition) is 6. The number of guanidine groups is 1. The Balaban J connectivity index is 0.000000324. The van der Waals surface area contributed by atoms with E-state index in [1.54, 1.807) is 30.5 Å². The number of H-pyrrole nitrogens is 1. The molecule has 1 atom stereocenters. The normalized spacial score (nSPS) is 13.0. The molecule has 8 N–H and O–H groups in total. The van der Waals surface area contributed by atoms with E-state index in [0.717, 1.165) is 35.0 Å². The van der Waals surface area contributed by atoms with Crippen LogP contribution in [-0.2, 0) is 23.8 Å². The fourth-order valence-corrected chi connectivity index (χ4v) is 5.21. The molecule has 0 amide bonds. The third-order valence-electron chi connectivity index (χ3n) is 8.18. The first kappa shape index (κ1) is 42.8. The number of benzene rings is 2. The van der Waals surface area contributed by atoms with Crippen LogP contribution in [0.4, 0.5) is 26.3 Å². The Morgan fingerprint density at radius 2 is 1.58 bits per heavy atom. The van der Waals surface area contributed by atoms with Gasteiger partial charge in [-0.2, -0.15) is 18.2 Å². The smallest absolute Gasteiger partial charge is 0.406 e. The van der Waals surface area contributed by atoms with Crippen molar-refractivity contribution >= 4 is 17.0 Å². The summed E-state index contributed by atoms with van der Waals surface area (Å²) in [5.74, 6) is -0.392. The van der Waals surface area contributed by atoms with E-state index in [4.69, 9.17) is 17.2 Å². The molecule has 0 fully saturated rings. The SMILES string of the molecule is CC(C)(C)c1cc(CCCCN)cc(OC(F)(F)F)c1.CC(C)(C)c1cc2cn(-c3ccc(CNC(CCN=C(N)N)C(F)(F)F)cc3)c(=O)nc2[nH]1. The molecule has 0 aliphatic heterocycles. The van der Waals surface area contributed by atoms with Gasteiger partial charge in [0.2, 0.25) is 0 Å². The average Bonchev–Trinajstić information content (AvgIpc) is 3.45. The third-order valence-corrected chi connectivity index (χ3v) is 8.18. The number of alkyl halides is 6. The van der Waals surface area contributed by atoms with Crippen LogP contribution in [0.2, 0.25) is 0 Å². The van der Waals surface area contributed by atoms with E-state index in [2.05, 4.69) is 45.8 Å². The zero-order valence-electron chi connectivity index (χ0n) is 30.9. The summed E-state index contributed by atoms with van der Waals surface area (Å²) in [4.78, 5) is 23.4. The number of fused-ring (bicyclic) bond motifs is 1. The lowest BCUT2D eigenvalue weighted by Gasteiger charge is -2.21. The minimum atomic E-state index is -4.66. The van der Waals surface area contributed by atoms with Crippen LogP contribution in [0.1, 0.15) is 83.2 Å². The fraction of sp³-hybridized carbons (Fsp3) is 0.486. The predicted molar refractivity (Wildman–Crippen MR) is 196 cm³/mol. The number of hydrogen-bond donors (Lipinski definition) is 5. The van der Waals surface area contributed by atoms with Gasteiger partial charge in [-0.1, -0.05) is 59.7 Å². The quantitative estimate of drug-likeness (QED) is 0.0457. The largest absolute Gasteiger partial charge is 0.573 e. The number of nitrogens with zero attached hydrogens (tertiary/aromatic N) is 3. The van der Waals surface area contributed by atoms with Gasteiger partial charge in [0.1, 0.15) is 17.4 Å². The van der Waals surface area contributed by atoms with E-state index < -0.39 is 24.3 Å². The molecule has 2 aromatic heterocycles. The Morgan fingerprint density at radius 1 is 0.925 bits per heavy atom. The van der Waals surface area contributed by atoms with E-state index in [9.17, 15) is 31.1 Å². The van der Waals surface area contributed by atoms with Gasteiger partial charge in [-0.25, -0.2) is 4.79 Å². The molecule has 0 spiro atoms. The highest BCUT2D eigenvalue weighted by atomic mass is 19.4. The van der Waals surface area contributed by atoms with Crippen molar-refractivity contribution < 1.29 is 31.1 Å². The minimum absolute atomic E-state index is 0.00872. The Morgan fingerprint density at radius 3 is 2.13 bits per heavy atom. The van der Waals surface area contributed by atoms with Crippen LogP contribution in [0.25, 0.3) is 16.7 Å². The highest BCUT2D eigenvalue weighted by molar-refractivity contribution is 5.76. The van der Waals surface area contributed by atoms with Crippen LogP contribution in [-0.4, -0.2) is 52.2 Å². The summed E-state index contributed by atoms with van der Waals surface area (Å²) in [5.41, 5.74) is 19.3. The third kappa shape index (κ3) is 13.7. The van der Waals surface area contributed by atoms with Crippen LogP contribution in [0, 0.1) is 0 Å². The van der Waals surface area contributed by atoms with Crippen molar-refractivity contribution in [3.63, 3.8) is 0 Å². The molecule has 16 heteroatoms. The second-order valence-corrected chi connectivity index (χ2v) is 14.8. The first-order valence-corrected chi connectivity index (χ1v) is 17.1. The van der Waals surface area contributed by atoms with Crippen molar-refractivity contribution in [3.05, 3.63) is 87.6 Å². The molecule has 0 aliphatic carbocycles. The van der Waals surface area contributed by atoms with Crippen LogP contribution >= 0.6 is 0 Å². The summed E-state index contributed by atoms with van der Waals surface area (Å²) < 4.78 is 82.4. The predicted octanol–water partition coefficient (Wildman–Crippen LogP) is 6.86. The van der Waals surface area contributed by atoms with Gasteiger partial charge < -0.3 is 32.2 Å². The first-order chi connectivity index (χ1) is 24.5. The Hall–Kier alpha value is -4.57. The molecule has 0 radical (unpaired) electrons. The van der Waals surface area contributed by atoms with Crippen molar-refractivity contribution in [2.24, 2.45) is 22.2 Å². The Labute approximate surface area is 305 Å². The topological polar surface area (TPSA) is 162 Å². The molecule has 4 rings (SSSR count). The van der Waals surface area contributed by atoms with Crippen molar-refractivity contribution in [2.75, 3.05) is 13.1 Å². The van der Waals surface area contributed by atoms with E-state index in [1.165, 1.54) is 16.7 Å². The maximum absolute atomic E-state index is 13.3. The van der Waals surface area contributed by atoms with Gasteiger partial charge in [0, 0.05) is 35.8 Å². The molecule has 53 heavy (non-hydrogen) atoms. The number of unbranched alkanes of at least 4 members (excludes halogenated alkanes) is 1. The zero-order valence-corrected chi connectivity index (χ0v) is 30.9. The van der Waals surface area contributed by atoms with Crippen LogP contribution in [0.3, 0.4) is 0 Å². The van der Waals surface area contributed by atoms with Gasteiger partial charge in [-0.15, -0.1) is 13.2 Å². The molecule has 4 aromatic rings. The number of aromatic amines is 1. The summed E-state index contributed by atoms with van der Waals surface area (Å²) in [5, 5.41) is 3.29. The van der Waals surface area contributed by atoms with E-state index >= 15 is 0 Å². The standard InChI is InChI=1S/C22H28F3N7O.C15H22F3NO/c1-21(2,3)17-10-14-12-32(20(33)31-18(14)30-17)15-6-4-13(5-7-15)11-29-16(22(23,24)25)8-9-28-19(26)27;1-14(2,3)12-8-11(6-4-5-7-19)9-13(10-12)20-15(16,17)18/h4-7,10,12,16,29H,8-9,11H2,1-3H3,(H4,26,27,28)(H,30,31,33);8-10H,4-7,19H2,1-3H3.